The predicted molar refractivity (Wildman–Crippen MR) is 60.7 cm³/mol. The number of carbonyl (C=O) groups excluding carboxylic acids is 2. The first kappa shape index (κ1) is 12.5. The van der Waals surface area contributed by atoms with Crippen molar-refractivity contribution in [3.8, 4) is 0 Å². The summed E-state index contributed by atoms with van der Waals surface area (Å²) in [6.07, 6.45) is 0. The summed E-state index contributed by atoms with van der Waals surface area (Å²) < 4.78 is 5.13. The summed E-state index contributed by atoms with van der Waals surface area (Å²) in [5.41, 5.74) is 0.505. The zero-order valence-corrected chi connectivity index (χ0v) is 10.0. The molecule has 1 aliphatic heterocycles. The third-order valence-electron chi connectivity index (χ3n) is 2.09. The van der Waals surface area contributed by atoms with E-state index in [9.17, 15) is 9.59 Å². The van der Waals surface area contributed by atoms with E-state index >= 15 is 0 Å². The summed E-state index contributed by atoms with van der Waals surface area (Å²) in [5.74, 6) is -0.654. The summed E-state index contributed by atoms with van der Waals surface area (Å²) >= 11 is 0. The fourth-order valence-corrected chi connectivity index (χ4v) is 1.40. The van der Waals surface area contributed by atoms with E-state index in [0.29, 0.717) is 17.7 Å². The van der Waals surface area contributed by atoms with Gasteiger partial charge in [0.05, 0.1) is 0 Å². The molecule has 0 aliphatic carbocycles. The third kappa shape index (κ3) is 2.95. The van der Waals surface area contributed by atoms with Crippen molar-refractivity contribution in [2.75, 3.05) is 13.1 Å². The standard InChI is InChI=1S/C12H17NO3/c1-8-6-13(11(15)9(8)2)7-10(14)16-12(3,4)5/h1-2,6-7H2,3-5H3. The van der Waals surface area contributed by atoms with E-state index in [1.807, 2.05) is 0 Å². The Kier molecular flexibility index (Phi) is 3.21. The molecular formula is C12H17NO3. The van der Waals surface area contributed by atoms with Gasteiger partial charge in [0.2, 0.25) is 0 Å². The van der Waals surface area contributed by atoms with Gasteiger partial charge in [-0.1, -0.05) is 13.2 Å². The molecule has 0 aromatic heterocycles. The normalized spacial score (nSPS) is 16.9. The molecule has 1 fully saturated rings. The average Bonchev–Trinajstić information content (AvgIpc) is 2.30. The zero-order chi connectivity index (χ0) is 12.5. The van der Waals surface area contributed by atoms with Crippen LogP contribution in [-0.2, 0) is 14.3 Å². The number of nitrogens with zero attached hydrogens (tertiary/aromatic N) is 1. The molecule has 1 amide bonds. The number of ether oxygens (including phenoxy) is 1. The highest BCUT2D eigenvalue weighted by Crippen LogP contribution is 2.20. The molecule has 0 bridgehead atoms. The SMILES string of the molecule is C=C1CN(CC(=O)OC(C)(C)C)C(=O)C1=C. The third-order valence-corrected chi connectivity index (χ3v) is 2.09. The molecule has 0 aromatic carbocycles. The molecule has 0 atom stereocenters. The minimum atomic E-state index is -0.534. The Balaban J connectivity index is 2.57. The van der Waals surface area contributed by atoms with Crippen LogP contribution in [0.4, 0.5) is 0 Å². The van der Waals surface area contributed by atoms with Gasteiger partial charge in [0.1, 0.15) is 12.1 Å². The second-order valence-corrected chi connectivity index (χ2v) is 4.83. The molecule has 1 aliphatic rings. The van der Waals surface area contributed by atoms with Gasteiger partial charge in [-0.2, -0.15) is 0 Å². The maximum Gasteiger partial charge on any atom is 0.326 e. The van der Waals surface area contributed by atoms with Crippen molar-refractivity contribution in [2.45, 2.75) is 26.4 Å². The van der Waals surface area contributed by atoms with Crippen LogP contribution in [0.3, 0.4) is 0 Å². The first-order chi connectivity index (χ1) is 7.20. The number of likely N-dealkylation sites (tertiary alicyclic amines) is 1. The molecule has 4 heteroatoms. The maximum atomic E-state index is 11.6. The molecule has 1 saturated heterocycles. The molecule has 0 radical (unpaired) electrons. The Morgan fingerprint density at radius 3 is 2.38 bits per heavy atom. The van der Waals surface area contributed by atoms with E-state index in [-0.39, 0.29) is 12.5 Å². The Hall–Kier alpha value is -1.58. The summed E-state index contributed by atoms with van der Waals surface area (Å²) in [4.78, 5) is 24.5. The lowest BCUT2D eigenvalue weighted by Crippen LogP contribution is -2.35. The number of amides is 1. The molecular weight excluding hydrogens is 206 g/mol. The summed E-state index contributed by atoms with van der Waals surface area (Å²) in [6.45, 7) is 13.0. The van der Waals surface area contributed by atoms with E-state index in [2.05, 4.69) is 13.2 Å². The minimum Gasteiger partial charge on any atom is -0.459 e. The van der Waals surface area contributed by atoms with Crippen LogP contribution in [-0.4, -0.2) is 35.5 Å². The van der Waals surface area contributed by atoms with Crippen molar-refractivity contribution in [2.24, 2.45) is 0 Å². The van der Waals surface area contributed by atoms with Gasteiger partial charge in [-0.15, -0.1) is 0 Å². The van der Waals surface area contributed by atoms with Crippen molar-refractivity contribution < 1.29 is 14.3 Å². The van der Waals surface area contributed by atoms with Crippen LogP contribution in [0.15, 0.2) is 24.3 Å². The van der Waals surface area contributed by atoms with Crippen molar-refractivity contribution in [1.82, 2.24) is 4.90 Å². The summed E-state index contributed by atoms with van der Waals surface area (Å²) in [7, 11) is 0. The number of hydrogen-bond donors (Lipinski definition) is 0. The average molecular weight is 223 g/mol. The number of hydrogen-bond acceptors (Lipinski definition) is 3. The highest BCUT2D eigenvalue weighted by atomic mass is 16.6. The van der Waals surface area contributed by atoms with Crippen LogP contribution in [0.5, 0.6) is 0 Å². The Morgan fingerprint density at radius 1 is 1.44 bits per heavy atom. The largest absolute Gasteiger partial charge is 0.459 e. The van der Waals surface area contributed by atoms with Gasteiger partial charge in [-0.05, 0) is 26.3 Å². The van der Waals surface area contributed by atoms with Crippen LogP contribution in [0.2, 0.25) is 0 Å². The Labute approximate surface area is 95.6 Å². The smallest absolute Gasteiger partial charge is 0.326 e. The molecule has 0 saturated carbocycles. The molecule has 16 heavy (non-hydrogen) atoms. The molecule has 1 heterocycles. The van der Waals surface area contributed by atoms with Gasteiger partial charge in [0, 0.05) is 12.1 Å². The Morgan fingerprint density at radius 2 is 2.00 bits per heavy atom. The van der Waals surface area contributed by atoms with Gasteiger partial charge >= 0.3 is 5.97 Å². The summed E-state index contributed by atoms with van der Waals surface area (Å²) in [6, 6.07) is 0. The van der Waals surface area contributed by atoms with Gasteiger partial charge < -0.3 is 9.64 Å². The van der Waals surface area contributed by atoms with E-state index in [4.69, 9.17) is 4.74 Å². The topological polar surface area (TPSA) is 46.6 Å². The van der Waals surface area contributed by atoms with E-state index < -0.39 is 11.6 Å². The van der Waals surface area contributed by atoms with Crippen LogP contribution in [0.1, 0.15) is 20.8 Å². The highest BCUT2D eigenvalue weighted by Gasteiger charge is 2.30. The molecule has 4 nitrogen and oxygen atoms in total. The monoisotopic (exact) mass is 223 g/mol. The van der Waals surface area contributed by atoms with Crippen molar-refractivity contribution in [3.05, 3.63) is 24.3 Å². The zero-order valence-electron chi connectivity index (χ0n) is 10.0. The number of rotatable bonds is 2. The van der Waals surface area contributed by atoms with Gasteiger partial charge in [0.15, 0.2) is 0 Å². The van der Waals surface area contributed by atoms with Gasteiger partial charge in [-0.3, -0.25) is 9.59 Å². The van der Waals surface area contributed by atoms with Gasteiger partial charge in [0.25, 0.3) is 5.91 Å². The van der Waals surface area contributed by atoms with Gasteiger partial charge in [-0.25, -0.2) is 0 Å². The number of esters is 1. The minimum absolute atomic E-state index is 0.0475. The quantitative estimate of drug-likeness (QED) is 0.523. The lowest BCUT2D eigenvalue weighted by atomic mass is 10.2. The first-order valence-corrected chi connectivity index (χ1v) is 5.09. The molecule has 0 aromatic rings. The first-order valence-electron chi connectivity index (χ1n) is 5.09. The van der Waals surface area contributed by atoms with E-state index in [0.717, 1.165) is 0 Å². The van der Waals surface area contributed by atoms with Crippen LogP contribution in [0, 0.1) is 0 Å². The van der Waals surface area contributed by atoms with E-state index in [1.165, 1.54) is 4.90 Å². The van der Waals surface area contributed by atoms with Crippen molar-refractivity contribution in [1.29, 1.82) is 0 Å². The van der Waals surface area contributed by atoms with Crippen LogP contribution < -0.4 is 0 Å². The van der Waals surface area contributed by atoms with Crippen LogP contribution in [0.25, 0.3) is 0 Å². The molecule has 0 spiro atoms. The number of carbonyl (C=O) groups is 2. The molecule has 0 N–H and O–H groups in total. The predicted octanol–water partition coefficient (Wildman–Crippen LogP) is 1.28. The van der Waals surface area contributed by atoms with E-state index in [1.54, 1.807) is 20.8 Å². The fourth-order valence-electron chi connectivity index (χ4n) is 1.40. The Bertz CT molecular complexity index is 363. The maximum absolute atomic E-state index is 11.6. The van der Waals surface area contributed by atoms with Crippen molar-refractivity contribution >= 4 is 11.9 Å². The molecule has 88 valence electrons. The lowest BCUT2D eigenvalue weighted by Gasteiger charge is -2.21. The van der Waals surface area contributed by atoms with Crippen LogP contribution >= 0.6 is 0 Å². The fraction of sp³-hybridized carbons (Fsp3) is 0.500. The summed E-state index contributed by atoms with van der Waals surface area (Å²) in [5, 5.41) is 0. The second-order valence-electron chi connectivity index (χ2n) is 4.83. The second kappa shape index (κ2) is 4.12. The highest BCUT2D eigenvalue weighted by molar-refractivity contribution is 6.01. The van der Waals surface area contributed by atoms with Crippen molar-refractivity contribution in [3.63, 3.8) is 0 Å². The molecule has 0 unspecified atom stereocenters. The molecule has 1 rings (SSSR count). The lowest BCUT2D eigenvalue weighted by molar-refractivity contribution is -0.157.